The zero-order valence-electron chi connectivity index (χ0n) is 20.0. The number of alkyl halides is 3. The second-order valence-corrected chi connectivity index (χ2v) is 8.87. The summed E-state index contributed by atoms with van der Waals surface area (Å²) in [5, 5.41) is 3.68. The quantitative estimate of drug-likeness (QED) is 0.425. The fourth-order valence-corrected chi connectivity index (χ4v) is 4.22. The van der Waals surface area contributed by atoms with E-state index in [-0.39, 0.29) is 17.3 Å². The predicted octanol–water partition coefficient (Wildman–Crippen LogP) is 5.39. The summed E-state index contributed by atoms with van der Waals surface area (Å²) in [5.41, 5.74) is 8.69. The highest BCUT2D eigenvalue weighted by Crippen LogP contribution is 2.32. The molecule has 2 aliphatic heterocycles. The Morgan fingerprint density at radius 2 is 1.92 bits per heavy atom. The number of pyridine rings is 1. The zero-order valence-corrected chi connectivity index (χ0v) is 20.0. The number of halogens is 4. The average molecular weight is 502 g/mol. The molecule has 0 amide bonds. The van der Waals surface area contributed by atoms with Crippen molar-refractivity contribution in [2.45, 2.75) is 12.6 Å². The fraction of sp³-hybridized carbons (Fsp3) is 0.360. The number of benzene rings is 1. The normalized spacial score (nSPS) is 19.3. The van der Waals surface area contributed by atoms with Crippen LogP contribution in [0, 0.1) is 17.3 Å². The minimum absolute atomic E-state index is 0.0789. The van der Waals surface area contributed by atoms with E-state index in [1.165, 1.54) is 35.2 Å². The van der Waals surface area contributed by atoms with Crippen molar-refractivity contribution in [3.63, 3.8) is 0 Å². The molecule has 1 fully saturated rings. The van der Waals surface area contributed by atoms with Crippen molar-refractivity contribution < 1.29 is 17.6 Å². The van der Waals surface area contributed by atoms with Crippen LogP contribution >= 0.6 is 0 Å². The second kappa shape index (κ2) is 10.6. The van der Waals surface area contributed by atoms with E-state index in [0.29, 0.717) is 17.7 Å². The van der Waals surface area contributed by atoms with Gasteiger partial charge in [0.2, 0.25) is 0 Å². The van der Waals surface area contributed by atoms with Crippen molar-refractivity contribution in [1.82, 2.24) is 14.8 Å². The smallest absolute Gasteiger partial charge is 0.371 e. The largest absolute Gasteiger partial charge is 0.433 e. The third kappa shape index (κ3) is 5.78. The highest BCUT2D eigenvalue weighted by molar-refractivity contribution is 5.69. The molecule has 1 saturated heterocycles. The van der Waals surface area contributed by atoms with E-state index in [1.54, 1.807) is 19.5 Å². The van der Waals surface area contributed by atoms with Gasteiger partial charge in [0, 0.05) is 75.4 Å². The first-order valence-electron chi connectivity index (χ1n) is 11.5. The molecular weight excluding hydrogens is 474 g/mol. The van der Waals surface area contributed by atoms with Crippen molar-refractivity contribution in [2.24, 2.45) is 16.0 Å². The Balaban J connectivity index is 1.55. The van der Waals surface area contributed by atoms with Gasteiger partial charge in [-0.05, 0) is 37.4 Å². The molecule has 2 aromatic rings. The molecule has 0 radical (unpaired) electrons. The average Bonchev–Trinajstić information content (AvgIpc) is 2.87. The third-order valence-corrected chi connectivity index (χ3v) is 6.32. The van der Waals surface area contributed by atoms with Gasteiger partial charge in [-0.15, -0.1) is 0 Å². The number of hydrogen-bond donors (Lipinski definition) is 1. The number of piperazine rings is 1. The molecule has 1 atom stereocenters. The standard InChI is InChI=1S/C25H27F4N7/c1-34-8-10-36(11-9-34)19-12-18(14-31-15-19)22(33-30)16-35(2)23-13-17(6-7-20(23)26)21-4-3-5-24(32-21)25(27,28)29/h3-7,13-16,18,30H,8-12H2,1-2H3/b22-16-,33-30?. The van der Waals surface area contributed by atoms with E-state index in [2.05, 4.69) is 31.9 Å². The lowest BCUT2D eigenvalue weighted by Crippen LogP contribution is -2.44. The van der Waals surface area contributed by atoms with Crippen molar-refractivity contribution in [3.8, 4) is 11.3 Å². The lowest BCUT2D eigenvalue weighted by Gasteiger charge is -2.36. The zero-order chi connectivity index (χ0) is 25.9. The summed E-state index contributed by atoms with van der Waals surface area (Å²) >= 11 is 0. The molecule has 4 rings (SSSR count). The Bertz CT molecular complexity index is 1200. The Morgan fingerprint density at radius 1 is 1.17 bits per heavy atom. The number of aromatic nitrogens is 1. The first-order chi connectivity index (χ1) is 17.2. The van der Waals surface area contributed by atoms with E-state index >= 15 is 0 Å². The fourth-order valence-electron chi connectivity index (χ4n) is 4.22. The number of nitrogens with one attached hydrogen (secondary N) is 1. The van der Waals surface area contributed by atoms with Crippen LogP contribution in [-0.2, 0) is 6.18 Å². The van der Waals surface area contributed by atoms with E-state index in [0.717, 1.165) is 37.9 Å². The van der Waals surface area contributed by atoms with Crippen molar-refractivity contribution in [2.75, 3.05) is 45.2 Å². The maximum Gasteiger partial charge on any atom is 0.433 e. The molecule has 36 heavy (non-hydrogen) atoms. The van der Waals surface area contributed by atoms with E-state index in [1.807, 2.05) is 6.20 Å². The first kappa shape index (κ1) is 25.5. The summed E-state index contributed by atoms with van der Waals surface area (Å²) in [6.45, 7) is 3.69. The molecule has 2 aliphatic rings. The SMILES string of the molecule is CN1CCN(C2=CN=CC(/C(=C/N(C)c3cc(-c4cccc(C(F)(F)F)n4)ccc3F)N=N)C2)CC1. The minimum Gasteiger partial charge on any atom is -0.371 e. The lowest BCUT2D eigenvalue weighted by atomic mass is 9.98. The monoisotopic (exact) mass is 501 g/mol. The van der Waals surface area contributed by atoms with Crippen LogP contribution in [-0.4, -0.2) is 61.3 Å². The summed E-state index contributed by atoms with van der Waals surface area (Å²) < 4.78 is 54.0. The number of nitrogens with zero attached hydrogens (tertiary/aromatic N) is 6. The third-order valence-electron chi connectivity index (χ3n) is 6.32. The molecule has 0 bridgehead atoms. The summed E-state index contributed by atoms with van der Waals surface area (Å²) in [7, 11) is 3.69. The number of aliphatic imine (C=N–C) groups is 1. The molecule has 1 N–H and O–H groups in total. The lowest BCUT2D eigenvalue weighted by molar-refractivity contribution is -0.141. The Labute approximate surface area is 207 Å². The van der Waals surface area contributed by atoms with Gasteiger partial charge in [-0.1, -0.05) is 6.07 Å². The van der Waals surface area contributed by atoms with Gasteiger partial charge in [-0.2, -0.15) is 18.3 Å². The number of hydrogen-bond acceptors (Lipinski definition) is 7. The highest BCUT2D eigenvalue weighted by Gasteiger charge is 2.32. The molecule has 1 aromatic heterocycles. The Hall–Kier alpha value is -3.60. The molecule has 7 nitrogen and oxygen atoms in total. The number of allylic oxidation sites excluding steroid dienone is 2. The molecule has 1 unspecified atom stereocenters. The predicted molar refractivity (Wildman–Crippen MR) is 130 cm³/mol. The van der Waals surface area contributed by atoms with Crippen molar-refractivity contribution in [1.29, 1.82) is 5.53 Å². The number of rotatable bonds is 6. The van der Waals surface area contributed by atoms with Crippen LogP contribution in [0.25, 0.3) is 11.3 Å². The molecule has 3 heterocycles. The summed E-state index contributed by atoms with van der Waals surface area (Å²) in [6, 6.07) is 7.60. The Kier molecular flexibility index (Phi) is 7.48. The van der Waals surface area contributed by atoms with Gasteiger partial charge >= 0.3 is 6.18 Å². The Morgan fingerprint density at radius 3 is 2.61 bits per heavy atom. The van der Waals surface area contributed by atoms with E-state index in [9.17, 15) is 17.6 Å². The maximum atomic E-state index is 14.7. The molecule has 0 saturated carbocycles. The number of likely N-dealkylation sites (N-methyl/N-ethyl adjacent to an activating group) is 1. The van der Waals surface area contributed by atoms with Crippen LogP contribution in [0.5, 0.6) is 0 Å². The first-order valence-corrected chi connectivity index (χ1v) is 11.5. The van der Waals surface area contributed by atoms with Gasteiger partial charge in [0.15, 0.2) is 0 Å². The minimum atomic E-state index is -4.58. The van der Waals surface area contributed by atoms with E-state index < -0.39 is 17.7 Å². The van der Waals surface area contributed by atoms with Crippen molar-refractivity contribution in [3.05, 3.63) is 71.7 Å². The van der Waals surface area contributed by atoms with Gasteiger partial charge in [0.25, 0.3) is 0 Å². The van der Waals surface area contributed by atoms with Crippen LogP contribution < -0.4 is 4.90 Å². The van der Waals surface area contributed by atoms with Crippen LogP contribution in [0.4, 0.5) is 23.2 Å². The molecule has 0 spiro atoms. The maximum absolute atomic E-state index is 14.7. The highest BCUT2D eigenvalue weighted by atomic mass is 19.4. The van der Waals surface area contributed by atoms with Gasteiger partial charge < -0.3 is 14.7 Å². The van der Waals surface area contributed by atoms with Crippen LogP contribution in [0.3, 0.4) is 0 Å². The van der Waals surface area contributed by atoms with Crippen LogP contribution in [0.2, 0.25) is 0 Å². The molecule has 190 valence electrons. The summed E-state index contributed by atoms with van der Waals surface area (Å²) in [5.74, 6) is -0.829. The summed E-state index contributed by atoms with van der Waals surface area (Å²) in [6.07, 6.45) is 1.14. The summed E-state index contributed by atoms with van der Waals surface area (Å²) in [4.78, 5) is 14.1. The molecular formula is C25H27F4N7. The molecule has 1 aromatic carbocycles. The second-order valence-electron chi connectivity index (χ2n) is 8.87. The van der Waals surface area contributed by atoms with Gasteiger partial charge in [0.1, 0.15) is 11.5 Å². The van der Waals surface area contributed by atoms with Crippen molar-refractivity contribution >= 4 is 11.9 Å². The molecule has 0 aliphatic carbocycles. The topological polar surface area (TPSA) is 71.2 Å². The van der Waals surface area contributed by atoms with Gasteiger partial charge in [0.05, 0.1) is 17.1 Å². The number of anilines is 1. The van der Waals surface area contributed by atoms with Gasteiger partial charge in [-0.3, -0.25) is 4.99 Å². The van der Waals surface area contributed by atoms with Crippen LogP contribution in [0.15, 0.2) is 70.3 Å². The van der Waals surface area contributed by atoms with Crippen LogP contribution in [0.1, 0.15) is 12.1 Å². The molecule has 11 heteroatoms. The van der Waals surface area contributed by atoms with E-state index in [4.69, 9.17) is 5.53 Å². The van der Waals surface area contributed by atoms with Gasteiger partial charge in [-0.25, -0.2) is 14.9 Å².